The van der Waals surface area contributed by atoms with Crippen molar-refractivity contribution in [2.24, 2.45) is 4.99 Å². The number of carbonyl (C=O) groups is 1. The number of nitrogens with one attached hydrogen (secondary N) is 1. The first kappa shape index (κ1) is 19.9. The third-order valence-electron chi connectivity index (χ3n) is 4.72. The molecule has 0 atom stereocenters. The van der Waals surface area contributed by atoms with Crippen molar-refractivity contribution < 1.29 is 4.79 Å². The predicted octanol–water partition coefficient (Wildman–Crippen LogP) is 5.71. The molecule has 1 aromatic carbocycles. The topological polar surface area (TPSA) is 59.3 Å². The van der Waals surface area contributed by atoms with Gasteiger partial charge in [-0.15, -0.1) is 0 Å². The summed E-state index contributed by atoms with van der Waals surface area (Å²) in [6.45, 7) is 8.02. The summed E-state index contributed by atoms with van der Waals surface area (Å²) >= 11 is 9.23. The summed E-state index contributed by atoms with van der Waals surface area (Å²) in [7, 11) is 0. The Bertz CT molecular complexity index is 1170. The fourth-order valence-corrected chi connectivity index (χ4v) is 5.03. The number of benzene rings is 1. The van der Waals surface area contributed by atoms with Gasteiger partial charge in [0.25, 0.3) is 5.91 Å². The van der Waals surface area contributed by atoms with E-state index in [-0.39, 0.29) is 5.91 Å². The van der Waals surface area contributed by atoms with Crippen LogP contribution >= 0.6 is 34.7 Å². The Kier molecular flexibility index (Phi) is 5.38. The molecule has 29 heavy (non-hydrogen) atoms. The van der Waals surface area contributed by atoms with Crippen molar-refractivity contribution in [1.82, 2.24) is 14.9 Å². The number of aliphatic imine (C=N–C) groups is 1. The minimum absolute atomic E-state index is 0.152. The van der Waals surface area contributed by atoms with Crippen LogP contribution in [0.15, 0.2) is 40.2 Å². The van der Waals surface area contributed by atoms with Crippen LogP contribution in [-0.2, 0) is 4.79 Å². The molecule has 3 aromatic rings. The quantitative estimate of drug-likeness (QED) is 0.528. The second kappa shape index (κ2) is 7.82. The van der Waals surface area contributed by atoms with E-state index in [4.69, 9.17) is 11.6 Å². The van der Waals surface area contributed by atoms with E-state index in [1.807, 2.05) is 58.0 Å². The zero-order chi connectivity index (χ0) is 20.7. The van der Waals surface area contributed by atoms with Crippen LogP contribution < -0.4 is 5.32 Å². The molecule has 0 aliphatic carbocycles. The van der Waals surface area contributed by atoms with Gasteiger partial charge in [0.15, 0.2) is 5.17 Å². The number of rotatable bonds is 3. The Balaban J connectivity index is 1.66. The number of para-hydroxylation sites is 1. The third kappa shape index (κ3) is 3.90. The molecule has 0 spiro atoms. The minimum Gasteiger partial charge on any atom is -0.316 e. The smallest absolute Gasteiger partial charge is 0.264 e. The molecule has 1 aliphatic rings. The van der Waals surface area contributed by atoms with Crippen molar-refractivity contribution in [3.63, 3.8) is 0 Å². The van der Waals surface area contributed by atoms with Crippen LogP contribution in [0.4, 0.5) is 5.13 Å². The van der Waals surface area contributed by atoms with Crippen molar-refractivity contribution in [3.05, 3.63) is 67.8 Å². The molecular weight excluding hydrogens is 424 g/mol. The fourth-order valence-electron chi connectivity index (χ4n) is 3.15. The highest BCUT2D eigenvalue weighted by Crippen LogP contribution is 2.32. The van der Waals surface area contributed by atoms with Gasteiger partial charge in [0.1, 0.15) is 0 Å². The van der Waals surface area contributed by atoms with Gasteiger partial charge in [-0.1, -0.05) is 35.1 Å². The molecular formula is C21H19ClN4OS2. The lowest BCUT2D eigenvalue weighted by Gasteiger charge is -2.11. The maximum Gasteiger partial charge on any atom is 0.264 e. The molecule has 1 aliphatic heterocycles. The summed E-state index contributed by atoms with van der Waals surface area (Å²) in [5.74, 6) is -0.152. The van der Waals surface area contributed by atoms with E-state index in [1.165, 1.54) is 23.1 Å². The normalized spacial score (nSPS) is 16.8. The van der Waals surface area contributed by atoms with E-state index in [9.17, 15) is 4.79 Å². The lowest BCUT2D eigenvalue weighted by atomic mass is 10.2. The molecule has 0 radical (unpaired) electrons. The molecule has 4 rings (SSSR count). The van der Waals surface area contributed by atoms with E-state index in [1.54, 1.807) is 0 Å². The zero-order valence-electron chi connectivity index (χ0n) is 16.4. The van der Waals surface area contributed by atoms with E-state index >= 15 is 0 Å². The molecule has 1 saturated heterocycles. The van der Waals surface area contributed by atoms with Gasteiger partial charge in [0.2, 0.25) is 5.13 Å². The molecule has 3 heterocycles. The van der Waals surface area contributed by atoms with Crippen LogP contribution in [0.1, 0.15) is 27.5 Å². The maximum absolute atomic E-state index is 12.5. The average Bonchev–Trinajstić information content (AvgIpc) is 3.26. The molecule has 0 saturated carbocycles. The number of thioether (sulfide) groups is 1. The number of hydrogen-bond donors (Lipinski definition) is 1. The number of amides is 1. The highest BCUT2D eigenvalue weighted by atomic mass is 35.5. The number of thiazole rings is 1. The molecule has 148 valence electrons. The van der Waals surface area contributed by atoms with Crippen molar-refractivity contribution in [3.8, 4) is 5.69 Å². The molecule has 1 N–H and O–H groups in total. The lowest BCUT2D eigenvalue weighted by molar-refractivity contribution is -0.115. The monoisotopic (exact) mass is 442 g/mol. The minimum atomic E-state index is -0.152. The third-order valence-corrected chi connectivity index (χ3v) is 6.91. The summed E-state index contributed by atoms with van der Waals surface area (Å²) in [4.78, 5) is 23.1. The van der Waals surface area contributed by atoms with Crippen molar-refractivity contribution in [2.45, 2.75) is 27.7 Å². The summed E-state index contributed by atoms with van der Waals surface area (Å²) in [5, 5.41) is 4.72. The largest absolute Gasteiger partial charge is 0.316 e. The van der Waals surface area contributed by atoms with Crippen LogP contribution in [0.3, 0.4) is 0 Å². The van der Waals surface area contributed by atoms with Crippen molar-refractivity contribution >= 4 is 57.0 Å². The van der Waals surface area contributed by atoms with Gasteiger partial charge in [-0.05, 0) is 69.3 Å². The Morgan fingerprint density at radius 2 is 1.97 bits per heavy atom. The van der Waals surface area contributed by atoms with Gasteiger partial charge < -0.3 is 9.88 Å². The number of hydrogen-bond acceptors (Lipinski definition) is 5. The number of amidine groups is 1. The summed E-state index contributed by atoms with van der Waals surface area (Å²) < 4.78 is 2.10. The summed E-state index contributed by atoms with van der Waals surface area (Å²) in [6.07, 6.45) is 1.90. The van der Waals surface area contributed by atoms with Gasteiger partial charge in [0, 0.05) is 16.3 Å². The van der Waals surface area contributed by atoms with Gasteiger partial charge in [-0.3, -0.25) is 4.79 Å². The van der Waals surface area contributed by atoms with E-state index in [0.717, 1.165) is 33.2 Å². The highest BCUT2D eigenvalue weighted by Gasteiger charge is 2.25. The fraction of sp³-hybridized carbons (Fsp3) is 0.190. The first-order valence-electron chi connectivity index (χ1n) is 9.01. The van der Waals surface area contributed by atoms with Crippen LogP contribution in [0, 0.1) is 27.7 Å². The van der Waals surface area contributed by atoms with Gasteiger partial charge in [-0.25, -0.2) is 4.98 Å². The first-order valence-corrected chi connectivity index (χ1v) is 11.0. The second-order valence-corrected chi connectivity index (χ2v) is 9.35. The van der Waals surface area contributed by atoms with Gasteiger partial charge in [-0.2, -0.15) is 4.99 Å². The summed E-state index contributed by atoms with van der Waals surface area (Å²) in [6, 6.07) is 9.79. The molecule has 1 amide bonds. The summed E-state index contributed by atoms with van der Waals surface area (Å²) in [5.41, 5.74) is 4.93. The van der Waals surface area contributed by atoms with E-state index in [2.05, 4.69) is 25.9 Å². The number of carbonyl (C=O) groups excluding carboxylic acids is 1. The van der Waals surface area contributed by atoms with Crippen LogP contribution in [-0.4, -0.2) is 20.6 Å². The van der Waals surface area contributed by atoms with E-state index in [0.29, 0.717) is 20.2 Å². The van der Waals surface area contributed by atoms with Crippen LogP contribution in [0.2, 0.25) is 5.02 Å². The second-order valence-electron chi connectivity index (χ2n) is 6.73. The Labute approximate surface area is 182 Å². The standard InChI is InChI=1S/C21H19ClN4OS2/c1-11-9-15(13(3)26(11)17-8-6-5-7-16(17)22)10-18-19(27)24-21(29-18)25-20-23-12(2)14(4)28-20/h5-10H,1-4H3,(H,23,24,25,27)/b18-10-. The molecule has 2 aromatic heterocycles. The lowest BCUT2D eigenvalue weighted by Crippen LogP contribution is -2.19. The van der Waals surface area contributed by atoms with Crippen molar-refractivity contribution in [2.75, 3.05) is 0 Å². The zero-order valence-corrected chi connectivity index (χ0v) is 18.8. The van der Waals surface area contributed by atoms with Crippen LogP contribution in [0.5, 0.6) is 0 Å². The number of aryl methyl sites for hydroxylation is 3. The first-order chi connectivity index (χ1) is 13.8. The average molecular weight is 443 g/mol. The Hall–Kier alpha value is -2.35. The van der Waals surface area contributed by atoms with E-state index < -0.39 is 0 Å². The van der Waals surface area contributed by atoms with Gasteiger partial charge in [0.05, 0.1) is 21.3 Å². The highest BCUT2D eigenvalue weighted by molar-refractivity contribution is 8.18. The number of aromatic nitrogens is 2. The maximum atomic E-state index is 12.5. The molecule has 0 unspecified atom stereocenters. The van der Waals surface area contributed by atoms with Crippen LogP contribution in [0.25, 0.3) is 11.8 Å². The van der Waals surface area contributed by atoms with Crippen molar-refractivity contribution in [1.29, 1.82) is 0 Å². The SMILES string of the molecule is Cc1nc(/N=C2\NC(=O)/C(=C/c3cc(C)n(-c4ccccc4Cl)c3C)S2)sc1C. The van der Waals surface area contributed by atoms with Gasteiger partial charge >= 0.3 is 0 Å². The number of nitrogens with zero attached hydrogens (tertiary/aromatic N) is 3. The molecule has 1 fully saturated rings. The number of halogens is 1. The predicted molar refractivity (Wildman–Crippen MR) is 123 cm³/mol. The molecule has 0 bridgehead atoms. The molecule has 8 heteroatoms. The molecule has 5 nitrogen and oxygen atoms in total. The Morgan fingerprint density at radius 3 is 2.66 bits per heavy atom. The Morgan fingerprint density at radius 1 is 1.21 bits per heavy atom.